The molecule has 0 bridgehead atoms. The number of hydrogen-bond acceptors (Lipinski definition) is 7. The average molecular weight is 530 g/mol. The zero-order valence-electron chi connectivity index (χ0n) is 21.8. The number of nitrogens with one attached hydrogen (secondary N) is 2. The molecule has 0 saturated carbocycles. The van der Waals surface area contributed by atoms with Gasteiger partial charge in [0, 0.05) is 25.8 Å². The van der Waals surface area contributed by atoms with Crippen molar-refractivity contribution in [3.63, 3.8) is 0 Å². The molecule has 1 saturated heterocycles. The lowest BCUT2D eigenvalue weighted by Crippen LogP contribution is -2.53. The van der Waals surface area contributed by atoms with Crippen LogP contribution in [0.2, 0.25) is 0 Å². The number of ether oxygens (including phenoxy) is 2. The predicted molar refractivity (Wildman–Crippen MR) is 143 cm³/mol. The van der Waals surface area contributed by atoms with Crippen molar-refractivity contribution in [2.45, 2.75) is 37.1 Å². The van der Waals surface area contributed by atoms with Crippen LogP contribution in [0.25, 0.3) is 11.1 Å². The fourth-order valence-corrected chi connectivity index (χ4v) is 5.20. The first-order valence-corrected chi connectivity index (χ1v) is 12.9. The molecule has 2 amide bonds. The monoisotopic (exact) mass is 529 g/mol. The molecule has 9 nitrogen and oxygen atoms in total. The third-order valence-electron chi connectivity index (χ3n) is 7.18. The summed E-state index contributed by atoms with van der Waals surface area (Å²) in [5.74, 6) is -1.03. The number of amides is 2. The van der Waals surface area contributed by atoms with Crippen LogP contribution in [0.15, 0.2) is 78.9 Å². The van der Waals surface area contributed by atoms with E-state index >= 15 is 0 Å². The van der Waals surface area contributed by atoms with Crippen LogP contribution in [-0.2, 0) is 30.3 Å². The number of carbonyl (C=O) groups excluding carboxylic acids is 3. The molecule has 0 spiro atoms. The highest BCUT2D eigenvalue weighted by Gasteiger charge is 2.38. The number of fused-ring (bicyclic) bond motifs is 3. The SMILES string of the molecule is COC(=O)[C@H]1C[C@@H](NC(=O)[C@H](Cc2ccccc2)NC(=O)OCC2c3ccccc3-c3ccccc32)N(C)O1. The molecular weight excluding hydrogens is 498 g/mol. The molecule has 2 aliphatic rings. The van der Waals surface area contributed by atoms with E-state index in [4.69, 9.17) is 14.3 Å². The summed E-state index contributed by atoms with van der Waals surface area (Å²) >= 11 is 0. The lowest BCUT2D eigenvalue weighted by atomic mass is 9.98. The maximum Gasteiger partial charge on any atom is 0.407 e. The summed E-state index contributed by atoms with van der Waals surface area (Å²) in [6.07, 6.45) is -1.58. The molecule has 1 fully saturated rings. The number of benzene rings is 3. The van der Waals surface area contributed by atoms with E-state index in [2.05, 4.69) is 34.9 Å². The quantitative estimate of drug-likeness (QED) is 0.431. The molecule has 202 valence electrons. The van der Waals surface area contributed by atoms with Crippen molar-refractivity contribution >= 4 is 18.0 Å². The van der Waals surface area contributed by atoms with E-state index in [1.165, 1.54) is 12.2 Å². The molecule has 0 unspecified atom stereocenters. The first kappa shape index (κ1) is 26.4. The van der Waals surface area contributed by atoms with E-state index in [0.717, 1.165) is 27.8 Å². The van der Waals surface area contributed by atoms with E-state index in [-0.39, 0.29) is 25.4 Å². The highest BCUT2D eigenvalue weighted by atomic mass is 16.7. The van der Waals surface area contributed by atoms with E-state index in [1.807, 2.05) is 54.6 Å². The second-order valence-electron chi connectivity index (χ2n) is 9.64. The zero-order valence-corrected chi connectivity index (χ0v) is 21.8. The largest absolute Gasteiger partial charge is 0.467 e. The lowest BCUT2D eigenvalue weighted by Gasteiger charge is -2.24. The van der Waals surface area contributed by atoms with Crippen molar-refractivity contribution in [3.05, 3.63) is 95.6 Å². The van der Waals surface area contributed by atoms with Crippen LogP contribution >= 0.6 is 0 Å². The highest BCUT2D eigenvalue weighted by Crippen LogP contribution is 2.44. The number of esters is 1. The minimum absolute atomic E-state index is 0.0934. The normalized spacial score (nSPS) is 19.0. The van der Waals surface area contributed by atoms with Crippen molar-refractivity contribution in [3.8, 4) is 11.1 Å². The summed E-state index contributed by atoms with van der Waals surface area (Å²) in [4.78, 5) is 43.7. The van der Waals surface area contributed by atoms with Gasteiger partial charge in [0.1, 0.15) is 18.8 Å². The minimum atomic E-state index is -0.909. The Balaban J connectivity index is 1.26. The van der Waals surface area contributed by atoms with Crippen LogP contribution in [-0.4, -0.2) is 62.1 Å². The smallest absolute Gasteiger partial charge is 0.407 e. The van der Waals surface area contributed by atoms with Gasteiger partial charge in [-0.25, -0.2) is 9.59 Å². The topological polar surface area (TPSA) is 106 Å². The summed E-state index contributed by atoms with van der Waals surface area (Å²) in [7, 11) is 2.91. The molecule has 1 heterocycles. The van der Waals surface area contributed by atoms with Gasteiger partial charge in [0.2, 0.25) is 5.91 Å². The van der Waals surface area contributed by atoms with Gasteiger partial charge in [0.25, 0.3) is 0 Å². The van der Waals surface area contributed by atoms with Crippen molar-refractivity contribution in [1.29, 1.82) is 0 Å². The van der Waals surface area contributed by atoms with E-state index in [9.17, 15) is 14.4 Å². The molecule has 3 atom stereocenters. The molecule has 3 aromatic rings. The molecule has 9 heteroatoms. The molecule has 0 aromatic heterocycles. The van der Waals surface area contributed by atoms with Crippen molar-refractivity contribution in [2.24, 2.45) is 0 Å². The summed E-state index contributed by atoms with van der Waals surface area (Å²) in [5.41, 5.74) is 5.36. The van der Waals surface area contributed by atoms with Crippen LogP contribution < -0.4 is 10.6 Å². The Morgan fingerprint density at radius 3 is 2.21 bits per heavy atom. The van der Waals surface area contributed by atoms with Crippen LogP contribution in [0.1, 0.15) is 29.0 Å². The van der Waals surface area contributed by atoms with Gasteiger partial charge in [0.15, 0.2) is 6.10 Å². The van der Waals surface area contributed by atoms with Gasteiger partial charge in [-0.05, 0) is 27.8 Å². The number of carbonyl (C=O) groups is 3. The Morgan fingerprint density at radius 2 is 1.56 bits per heavy atom. The first-order valence-electron chi connectivity index (χ1n) is 12.9. The average Bonchev–Trinajstić information content (AvgIpc) is 3.49. The van der Waals surface area contributed by atoms with Gasteiger partial charge in [-0.15, -0.1) is 0 Å². The Bertz CT molecular complexity index is 1300. The third kappa shape index (κ3) is 5.79. The van der Waals surface area contributed by atoms with Gasteiger partial charge >= 0.3 is 12.1 Å². The highest BCUT2D eigenvalue weighted by molar-refractivity contribution is 5.86. The van der Waals surface area contributed by atoms with Crippen molar-refractivity contribution in [1.82, 2.24) is 15.7 Å². The molecule has 2 N–H and O–H groups in total. The Labute approximate surface area is 227 Å². The molecule has 0 radical (unpaired) electrons. The number of rotatable bonds is 8. The molecule has 1 aliphatic heterocycles. The predicted octanol–water partition coefficient (Wildman–Crippen LogP) is 3.39. The fraction of sp³-hybridized carbons (Fsp3) is 0.300. The molecular formula is C30H31N3O6. The van der Waals surface area contributed by atoms with E-state index in [0.29, 0.717) is 0 Å². The maximum atomic E-state index is 13.3. The first-order chi connectivity index (χ1) is 18.9. The van der Waals surface area contributed by atoms with Gasteiger partial charge in [-0.3, -0.25) is 9.63 Å². The molecule has 5 rings (SSSR count). The van der Waals surface area contributed by atoms with Crippen molar-refractivity contribution < 1.29 is 28.7 Å². The van der Waals surface area contributed by atoms with Gasteiger partial charge in [-0.2, -0.15) is 5.06 Å². The van der Waals surface area contributed by atoms with Gasteiger partial charge in [0.05, 0.1) is 7.11 Å². The van der Waals surface area contributed by atoms with E-state index in [1.54, 1.807) is 7.05 Å². The number of alkyl carbamates (subject to hydrolysis) is 1. The van der Waals surface area contributed by atoms with Gasteiger partial charge < -0.3 is 20.1 Å². The number of hydroxylamine groups is 2. The fourth-order valence-electron chi connectivity index (χ4n) is 5.20. The Kier molecular flexibility index (Phi) is 7.90. The summed E-state index contributed by atoms with van der Waals surface area (Å²) < 4.78 is 10.4. The second-order valence-corrected chi connectivity index (χ2v) is 9.64. The standard InChI is InChI=1S/C30H31N3O6/c1-33-27(17-26(39-33)29(35)37-2)32-28(34)25(16-19-10-4-3-5-11-19)31-30(36)38-18-24-22-14-8-6-12-20(22)21-13-7-9-15-23(21)24/h3-15,24-27H,16-18H2,1-2H3,(H,31,36)(H,32,34)/t25-,26+,27-/m0/s1. The summed E-state index contributed by atoms with van der Waals surface area (Å²) in [5, 5.41) is 7.03. The molecule has 1 aliphatic carbocycles. The summed E-state index contributed by atoms with van der Waals surface area (Å²) in [6, 6.07) is 24.7. The molecule has 39 heavy (non-hydrogen) atoms. The molecule has 3 aromatic carbocycles. The van der Waals surface area contributed by atoms with Crippen LogP contribution in [0.5, 0.6) is 0 Å². The number of hydrogen-bond donors (Lipinski definition) is 2. The minimum Gasteiger partial charge on any atom is -0.467 e. The Morgan fingerprint density at radius 1 is 0.949 bits per heavy atom. The summed E-state index contributed by atoms with van der Waals surface area (Å²) in [6.45, 7) is 0.138. The second kappa shape index (κ2) is 11.7. The zero-order chi connectivity index (χ0) is 27.4. The third-order valence-corrected chi connectivity index (χ3v) is 7.18. The van der Waals surface area contributed by atoms with E-state index < -0.39 is 36.3 Å². The Hall–Kier alpha value is -4.21. The van der Waals surface area contributed by atoms with Crippen LogP contribution in [0.4, 0.5) is 4.79 Å². The number of methoxy groups -OCH3 is 1. The van der Waals surface area contributed by atoms with Crippen LogP contribution in [0.3, 0.4) is 0 Å². The van der Waals surface area contributed by atoms with Crippen molar-refractivity contribution in [2.75, 3.05) is 20.8 Å². The lowest BCUT2D eigenvalue weighted by molar-refractivity contribution is -0.180. The number of nitrogens with zero attached hydrogens (tertiary/aromatic N) is 1. The maximum absolute atomic E-state index is 13.3. The van der Waals surface area contributed by atoms with Gasteiger partial charge in [-0.1, -0.05) is 78.9 Å². The van der Waals surface area contributed by atoms with Crippen LogP contribution in [0, 0.1) is 0 Å².